The van der Waals surface area contributed by atoms with E-state index < -0.39 is 17.6 Å². The number of pyridine rings is 1. The molecular formula is C32H39ClN6O4. The minimum Gasteiger partial charge on any atom is -0.447 e. The molecule has 0 radical (unpaired) electrons. The first kappa shape index (κ1) is 30.6. The van der Waals surface area contributed by atoms with Gasteiger partial charge in [-0.3, -0.25) is 14.7 Å². The monoisotopic (exact) mass is 606 g/mol. The van der Waals surface area contributed by atoms with E-state index in [0.29, 0.717) is 49.7 Å². The topological polar surface area (TPSA) is 124 Å². The standard InChI is InChI=1S/C32H39ClN6O4/c1-5-37(4)26(19-34)28(36-30(40)32(42)10-11-32)25-17-21-7-6-12-35-27(21)29(23-9-8-22(33)18-24(23)25)38-13-15-39(16-14-38)31(41)43-20(2)3/h5-9,12,17-20,28-29,42H,1,10-11,13-16,34H2,2-4H3,(H,36,40)/b26-19-. The summed E-state index contributed by atoms with van der Waals surface area (Å²) in [7, 11) is 1.80. The number of aliphatic hydroxyl groups is 1. The summed E-state index contributed by atoms with van der Waals surface area (Å²) in [6, 6.07) is 8.62. The van der Waals surface area contributed by atoms with Crippen molar-refractivity contribution in [2.24, 2.45) is 5.73 Å². The molecule has 2 aromatic rings. The van der Waals surface area contributed by atoms with Crippen molar-refractivity contribution in [1.82, 2.24) is 25.0 Å². The lowest BCUT2D eigenvalue weighted by atomic mass is 9.89. The summed E-state index contributed by atoms with van der Waals surface area (Å²) in [5, 5.41) is 14.3. The molecule has 2 fully saturated rings. The molecule has 43 heavy (non-hydrogen) atoms. The van der Waals surface area contributed by atoms with E-state index in [1.807, 2.05) is 50.3 Å². The smallest absolute Gasteiger partial charge is 0.410 e. The van der Waals surface area contributed by atoms with Crippen LogP contribution >= 0.6 is 11.6 Å². The van der Waals surface area contributed by atoms with Crippen molar-refractivity contribution in [3.63, 3.8) is 0 Å². The molecule has 11 heteroatoms. The van der Waals surface area contributed by atoms with Crippen LogP contribution in [-0.2, 0) is 9.53 Å². The number of hydrogen-bond acceptors (Lipinski definition) is 8. The fraction of sp³-hybridized carbons (Fsp3) is 0.406. The van der Waals surface area contributed by atoms with Crippen molar-refractivity contribution in [2.45, 2.75) is 50.5 Å². The van der Waals surface area contributed by atoms with Crippen LogP contribution in [0.4, 0.5) is 4.79 Å². The molecule has 1 saturated carbocycles. The van der Waals surface area contributed by atoms with Crippen LogP contribution in [0, 0.1) is 0 Å². The molecule has 1 saturated heterocycles. The number of amides is 2. The molecule has 4 N–H and O–H groups in total. The van der Waals surface area contributed by atoms with Crippen molar-refractivity contribution >= 4 is 35.3 Å². The van der Waals surface area contributed by atoms with E-state index in [9.17, 15) is 14.7 Å². The largest absolute Gasteiger partial charge is 0.447 e. The lowest BCUT2D eigenvalue weighted by Gasteiger charge is -2.39. The number of benzene rings is 1. The van der Waals surface area contributed by atoms with Crippen molar-refractivity contribution in [1.29, 1.82) is 0 Å². The van der Waals surface area contributed by atoms with E-state index in [1.54, 1.807) is 29.2 Å². The average Bonchev–Trinajstić information content (AvgIpc) is 3.77. The fourth-order valence-corrected chi connectivity index (χ4v) is 5.85. The Hall–Kier alpha value is -3.86. The van der Waals surface area contributed by atoms with Gasteiger partial charge in [0.25, 0.3) is 5.91 Å². The Morgan fingerprint density at radius 1 is 1.26 bits per heavy atom. The number of ether oxygens (including phenoxy) is 1. The summed E-state index contributed by atoms with van der Waals surface area (Å²) in [6.07, 6.45) is 7.14. The average molecular weight is 607 g/mol. The van der Waals surface area contributed by atoms with Gasteiger partial charge in [0.1, 0.15) is 5.60 Å². The Kier molecular flexibility index (Phi) is 8.82. The van der Waals surface area contributed by atoms with Crippen molar-refractivity contribution in [2.75, 3.05) is 33.2 Å². The molecule has 2 heterocycles. The zero-order valence-corrected chi connectivity index (χ0v) is 25.6. The molecule has 10 nitrogen and oxygen atoms in total. The number of nitrogens with one attached hydrogen (secondary N) is 1. The summed E-state index contributed by atoms with van der Waals surface area (Å²) in [6.45, 7) is 9.80. The first-order valence-corrected chi connectivity index (χ1v) is 14.9. The number of fused-ring (bicyclic) bond motifs is 2. The molecule has 2 atom stereocenters. The Morgan fingerprint density at radius 2 is 1.98 bits per heavy atom. The number of likely N-dealkylation sites (N-methyl/N-ethyl adjacent to an activating group) is 1. The van der Waals surface area contributed by atoms with Crippen LogP contribution in [-0.4, -0.2) is 87.8 Å². The van der Waals surface area contributed by atoms with Crippen LogP contribution in [0.1, 0.15) is 55.1 Å². The van der Waals surface area contributed by atoms with Gasteiger partial charge in [-0.2, -0.15) is 0 Å². The van der Waals surface area contributed by atoms with Gasteiger partial charge in [0, 0.05) is 50.6 Å². The van der Waals surface area contributed by atoms with E-state index >= 15 is 0 Å². The van der Waals surface area contributed by atoms with Crippen molar-refractivity contribution in [3.05, 3.63) is 88.6 Å². The summed E-state index contributed by atoms with van der Waals surface area (Å²) in [4.78, 5) is 36.5. The normalized spacial score (nSPS) is 20.2. The van der Waals surface area contributed by atoms with E-state index in [2.05, 4.69) is 16.8 Å². The summed E-state index contributed by atoms with van der Waals surface area (Å²) in [5.74, 6) is -0.463. The van der Waals surface area contributed by atoms with E-state index in [0.717, 1.165) is 28.0 Å². The van der Waals surface area contributed by atoms with E-state index in [1.165, 1.54) is 6.20 Å². The van der Waals surface area contributed by atoms with Crippen LogP contribution in [0.5, 0.6) is 0 Å². The van der Waals surface area contributed by atoms with Crippen molar-refractivity contribution < 1.29 is 19.4 Å². The predicted molar refractivity (Wildman–Crippen MR) is 167 cm³/mol. The van der Waals surface area contributed by atoms with Crippen LogP contribution in [0.25, 0.3) is 11.6 Å². The molecule has 1 aromatic carbocycles. The van der Waals surface area contributed by atoms with E-state index in [4.69, 9.17) is 27.1 Å². The molecule has 0 spiro atoms. The highest BCUT2D eigenvalue weighted by atomic mass is 35.5. The summed E-state index contributed by atoms with van der Waals surface area (Å²) < 4.78 is 5.43. The number of halogens is 1. The van der Waals surface area contributed by atoms with Gasteiger partial charge in [0.15, 0.2) is 0 Å². The SMILES string of the molecule is C=CN(C)/C(=C\N)C(NC(=O)C1(O)CC1)C1=Cc2cccnc2C(N2CCN(C(=O)OC(C)C)CC2)c2ccc(Cl)cc21. The Bertz CT molecular complexity index is 1460. The number of nitrogens with two attached hydrogens (primary N) is 1. The second-order valence-corrected chi connectivity index (χ2v) is 11.9. The van der Waals surface area contributed by atoms with Gasteiger partial charge < -0.3 is 30.7 Å². The van der Waals surface area contributed by atoms with Gasteiger partial charge >= 0.3 is 6.09 Å². The van der Waals surface area contributed by atoms with Crippen LogP contribution in [0.15, 0.2) is 61.2 Å². The molecule has 3 aliphatic rings. The second-order valence-electron chi connectivity index (χ2n) is 11.5. The zero-order chi connectivity index (χ0) is 30.9. The minimum atomic E-state index is -1.40. The maximum absolute atomic E-state index is 13.3. The van der Waals surface area contributed by atoms with Crippen molar-refractivity contribution in [3.8, 4) is 0 Å². The van der Waals surface area contributed by atoms with Crippen LogP contribution in [0.3, 0.4) is 0 Å². The lowest BCUT2D eigenvalue weighted by Crippen LogP contribution is -2.50. The van der Waals surface area contributed by atoms with E-state index in [-0.39, 0.29) is 18.2 Å². The third kappa shape index (κ3) is 6.27. The predicted octanol–water partition coefficient (Wildman–Crippen LogP) is 3.73. The molecule has 1 aliphatic heterocycles. The zero-order valence-electron chi connectivity index (χ0n) is 24.8. The Labute approximate surface area is 257 Å². The molecule has 0 bridgehead atoms. The maximum atomic E-state index is 13.3. The van der Waals surface area contributed by atoms with Gasteiger partial charge in [0.05, 0.1) is 29.6 Å². The first-order valence-electron chi connectivity index (χ1n) is 14.5. The molecule has 228 valence electrons. The lowest BCUT2D eigenvalue weighted by molar-refractivity contribution is -0.131. The highest BCUT2D eigenvalue weighted by molar-refractivity contribution is 6.30. The molecule has 2 aliphatic carbocycles. The van der Waals surface area contributed by atoms with Gasteiger partial charge in [-0.05, 0) is 79.4 Å². The second kappa shape index (κ2) is 12.4. The molecular weight excluding hydrogens is 568 g/mol. The number of carbonyl (C=O) groups excluding carboxylic acids is 2. The number of hydrogen-bond donors (Lipinski definition) is 3. The van der Waals surface area contributed by atoms with Gasteiger partial charge in [-0.1, -0.05) is 30.3 Å². The first-order chi connectivity index (χ1) is 20.6. The number of aromatic nitrogens is 1. The minimum absolute atomic E-state index is 0.189. The third-order valence-electron chi connectivity index (χ3n) is 8.22. The maximum Gasteiger partial charge on any atom is 0.410 e. The van der Waals surface area contributed by atoms with Gasteiger partial charge in [0.2, 0.25) is 0 Å². The van der Waals surface area contributed by atoms with Gasteiger partial charge in [-0.25, -0.2) is 4.79 Å². The Morgan fingerprint density at radius 3 is 2.60 bits per heavy atom. The number of rotatable bonds is 8. The molecule has 2 amide bonds. The third-order valence-corrected chi connectivity index (χ3v) is 8.45. The number of piperazine rings is 1. The van der Waals surface area contributed by atoms with Crippen LogP contribution in [0.2, 0.25) is 5.02 Å². The highest BCUT2D eigenvalue weighted by Gasteiger charge is 2.49. The van der Waals surface area contributed by atoms with Gasteiger partial charge in [-0.15, -0.1) is 0 Å². The quantitative estimate of drug-likeness (QED) is 0.415. The summed E-state index contributed by atoms with van der Waals surface area (Å²) >= 11 is 6.62. The highest BCUT2D eigenvalue weighted by Crippen LogP contribution is 2.43. The number of carbonyl (C=O) groups is 2. The molecule has 1 aromatic heterocycles. The molecule has 5 rings (SSSR count). The molecule has 2 unspecified atom stereocenters. The van der Waals surface area contributed by atoms with Crippen LogP contribution < -0.4 is 11.1 Å². The summed E-state index contributed by atoms with van der Waals surface area (Å²) in [5.41, 5.74) is 9.59. The Balaban J connectivity index is 1.60. The number of nitrogens with zero attached hydrogens (tertiary/aromatic N) is 4. The fourth-order valence-electron chi connectivity index (χ4n) is 5.68.